The first-order valence-corrected chi connectivity index (χ1v) is 5.40. The van der Waals surface area contributed by atoms with Gasteiger partial charge >= 0.3 is 5.97 Å². The van der Waals surface area contributed by atoms with Gasteiger partial charge in [0.2, 0.25) is 0 Å². The van der Waals surface area contributed by atoms with E-state index in [1.807, 2.05) is 0 Å². The molecule has 6 heteroatoms. The Hall–Kier alpha value is -2.50. The van der Waals surface area contributed by atoms with E-state index in [0.717, 1.165) is 18.2 Å². The van der Waals surface area contributed by atoms with Crippen LogP contribution < -0.4 is 5.32 Å². The largest absolute Gasteiger partial charge is 0.478 e. The van der Waals surface area contributed by atoms with E-state index in [0.29, 0.717) is 0 Å². The van der Waals surface area contributed by atoms with Gasteiger partial charge in [-0.15, -0.1) is 0 Å². The Morgan fingerprint density at radius 3 is 2.63 bits per heavy atom. The molecule has 1 aromatic heterocycles. The van der Waals surface area contributed by atoms with Gasteiger partial charge in [0.25, 0.3) is 0 Å². The van der Waals surface area contributed by atoms with E-state index < -0.39 is 17.6 Å². The van der Waals surface area contributed by atoms with Crippen LogP contribution in [-0.2, 0) is 0 Å². The van der Waals surface area contributed by atoms with Crippen LogP contribution in [0.4, 0.5) is 20.3 Å². The molecule has 0 radical (unpaired) electrons. The second-order valence-corrected chi connectivity index (χ2v) is 3.88. The fraction of sp³-hybridized carbons (Fsp3) is 0.0769. The lowest BCUT2D eigenvalue weighted by atomic mass is 10.2. The highest BCUT2D eigenvalue weighted by molar-refractivity contribution is 5.89. The van der Waals surface area contributed by atoms with Gasteiger partial charge in [0, 0.05) is 6.07 Å². The number of anilines is 2. The third-order valence-electron chi connectivity index (χ3n) is 2.51. The van der Waals surface area contributed by atoms with Crippen LogP contribution in [0.15, 0.2) is 30.3 Å². The lowest BCUT2D eigenvalue weighted by molar-refractivity contribution is 0.0695. The molecule has 19 heavy (non-hydrogen) atoms. The number of aromatic nitrogens is 1. The molecule has 0 saturated carbocycles. The molecule has 98 valence electrons. The second-order valence-electron chi connectivity index (χ2n) is 3.88. The summed E-state index contributed by atoms with van der Waals surface area (Å²) in [6.07, 6.45) is 0. The maximum atomic E-state index is 13.4. The number of aromatic carboxylic acids is 1. The molecule has 2 aromatic rings. The minimum atomic E-state index is -1.09. The van der Waals surface area contributed by atoms with Crippen molar-refractivity contribution >= 4 is 17.5 Å². The predicted octanol–water partition coefficient (Wildman–Crippen LogP) is 3.11. The zero-order chi connectivity index (χ0) is 14.0. The minimum Gasteiger partial charge on any atom is -0.478 e. The summed E-state index contributed by atoms with van der Waals surface area (Å²) in [5.74, 6) is -2.05. The van der Waals surface area contributed by atoms with Crippen LogP contribution in [0.2, 0.25) is 0 Å². The molecule has 0 atom stereocenters. The summed E-state index contributed by atoms with van der Waals surface area (Å²) < 4.78 is 26.4. The van der Waals surface area contributed by atoms with Gasteiger partial charge in [0.15, 0.2) is 0 Å². The van der Waals surface area contributed by atoms with Crippen molar-refractivity contribution in [1.82, 2.24) is 4.98 Å². The topological polar surface area (TPSA) is 62.2 Å². The summed E-state index contributed by atoms with van der Waals surface area (Å²) in [7, 11) is 0. The van der Waals surface area contributed by atoms with E-state index in [4.69, 9.17) is 5.11 Å². The predicted molar refractivity (Wildman–Crippen MR) is 65.6 cm³/mol. The number of rotatable bonds is 3. The van der Waals surface area contributed by atoms with E-state index in [2.05, 4.69) is 10.3 Å². The van der Waals surface area contributed by atoms with Gasteiger partial charge in [-0.3, -0.25) is 0 Å². The molecule has 2 rings (SSSR count). The van der Waals surface area contributed by atoms with E-state index in [-0.39, 0.29) is 22.8 Å². The Balaban J connectivity index is 2.31. The summed E-state index contributed by atoms with van der Waals surface area (Å²) in [6, 6.07) is 5.74. The number of carbonyl (C=O) groups is 1. The smallest absolute Gasteiger partial charge is 0.337 e. The van der Waals surface area contributed by atoms with Crippen molar-refractivity contribution in [3.63, 3.8) is 0 Å². The van der Waals surface area contributed by atoms with Gasteiger partial charge in [0.05, 0.1) is 16.9 Å². The molecule has 0 unspecified atom stereocenters. The number of aryl methyl sites for hydroxylation is 1. The summed E-state index contributed by atoms with van der Waals surface area (Å²) >= 11 is 0. The van der Waals surface area contributed by atoms with Crippen molar-refractivity contribution in [3.05, 3.63) is 53.2 Å². The van der Waals surface area contributed by atoms with Gasteiger partial charge < -0.3 is 10.4 Å². The summed E-state index contributed by atoms with van der Waals surface area (Å²) in [6.45, 7) is 1.52. The van der Waals surface area contributed by atoms with E-state index in [1.54, 1.807) is 0 Å². The van der Waals surface area contributed by atoms with Crippen LogP contribution in [0, 0.1) is 18.6 Å². The maximum Gasteiger partial charge on any atom is 0.337 e. The average Bonchev–Trinajstić information content (AvgIpc) is 2.33. The van der Waals surface area contributed by atoms with Crippen LogP contribution >= 0.6 is 0 Å². The lowest BCUT2D eigenvalue weighted by Gasteiger charge is -2.08. The maximum absolute atomic E-state index is 13.4. The molecule has 0 fully saturated rings. The van der Waals surface area contributed by atoms with E-state index in [1.165, 1.54) is 19.1 Å². The number of nitrogens with one attached hydrogen (secondary N) is 1. The SMILES string of the molecule is Cc1nc(Nc2cc(F)ccc2F)ccc1C(=O)O. The number of pyridine rings is 1. The molecule has 1 heterocycles. The van der Waals surface area contributed by atoms with Crippen LogP contribution in [-0.4, -0.2) is 16.1 Å². The highest BCUT2D eigenvalue weighted by Gasteiger charge is 2.10. The zero-order valence-electron chi connectivity index (χ0n) is 9.95. The number of hydrogen-bond acceptors (Lipinski definition) is 3. The molecule has 2 N–H and O–H groups in total. The Morgan fingerprint density at radius 2 is 2.00 bits per heavy atom. The number of halogens is 2. The molecule has 1 aromatic carbocycles. The highest BCUT2D eigenvalue weighted by atomic mass is 19.1. The first-order valence-electron chi connectivity index (χ1n) is 5.40. The van der Waals surface area contributed by atoms with Crippen molar-refractivity contribution in [2.24, 2.45) is 0 Å². The van der Waals surface area contributed by atoms with Crippen LogP contribution in [0.3, 0.4) is 0 Å². The Bertz CT molecular complexity index is 645. The second kappa shape index (κ2) is 5.01. The monoisotopic (exact) mass is 264 g/mol. The molecule has 0 saturated heterocycles. The number of carboxylic acids is 1. The molecule has 0 amide bonds. The molecule has 4 nitrogen and oxygen atoms in total. The first kappa shape index (κ1) is 12.9. The number of nitrogens with zero attached hydrogens (tertiary/aromatic N) is 1. The molecule has 0 aliphatic rings. The third-order valence-corrected chi connectivity index (χ3v) is 2.51. The summed E-state index contributed by atoms with van der Waals surface area (Å²) in [5, 5.41) is 11.5. The van der Waals surface area contributed by atoms with Crippen LogP contribution in [0.5, 0.6) is 0 Å². The molecular formula is C13H10F2N2O2. The fourth-order valence-corrected chi connectivity index (χ4v) is 1.59. The van der Waals surface area contributed by atoms with E-state index >= 15 is 0 Å². The van der Waals surface area contributed by atoms with E-state index in [9.17, 15) is 13.6 Å². The zero-order valence-corrected chi connectivity index (χ0v) is 9.95. The van der Waals surface area contributed by atoms with Gasteiger partial charge in [0.1, 0.15) is 17.5 Å². The van der Waals surface area contributed by atoms with Gasteiger partial charge in [-0.25, -0.2) is 18.6 Å². The molecule has 0 aliphatic heterocycles. The van der Waals surface area contributed by atoms with Crippen molar-refractivity contribution in [2.45, 2.75) is 6.92 Å². The molecule has 0 aliphatic carbocycles. The standard InChI is InChI=1S/C13H10F2N2O2/c1-7-9(13(18)19)3-5-12(16-7)17-11-6-8(14)2-4-10(11)15/h2-6H,1H3,(H,16,17)(H,18,19). The molecular weight excluding hydrogens is 254 g/mol. The van der Waals surface area contributed by atoms with Crippen LogP contribution in [0.25, 0.3) is 0 Å². The highest BCUT2D eigenvalue weighted by Crippen LogP contribution is 2.20. The fourth-order valence-electron chi connectivity index (χ4n) is 1.59. The minimum absolute atomic E-state index is 0.0602. The van der Waals surface area contributed by atoms with Crippen molar-refractivity contribution in [2.75, 3.05) is 5.32 Å². The van der Waals surface area contributed by atoms with Crippen LogP contribution in [0.1, 0.15) is 16.1 Å². The molecule has 0 bridgehead atoms. The quantitative estimate of drug-likeness (QED) is 0.894. The Kier molecular flexibility index (Phi) is 3.41. The average molecular weight is 264 g/mol. The van der Waals surface area contributed by atoms with Crippen molar-refractivity contribution < 1.29 is 18.7 Å². The number of hydrogen-bond donors (Lipinski definition) is 2. The lowest BCUT2D eigenvalue weighted by Crippen LogP contribution is -2.04. The van der Waals surface area contributed by atoms with Crippen molar-refractivity contribution in [1.29, 1.82) is 0 Å². The number of benzene rings is 1. The van der Waals surface area contributed by atoms with Gasteiger partial charge in [-0.05, 0) is 31.2 Å². The summed E-state index contributed by atoms with van der Waals surface area (Å²) in [4.78, 5) is 14.8. The molecule has 0 spiro atoms. The van der Waals surface area contributed by atoms with Gasteiger partial charge in [-0.2, -0.15) is 0 Å². The summed E-state index contributed by atoms with van der Waals surface area (Å²) in [5.41, 5.74) is 0.287. The third kappa shape index (κ3) is 2.85. The van der Waals surface area contributed by atoms with Gasteiger partial charge in [-0.1, -0.05) is 0 Å². The number of carboxylic acid groups (broad SMARTS) is 1. The van der Waals surface area contributed by atoms with Crippen molar-refractivity contribution in [3.8, 4) is 0 Å². The normalized spacial score (nSPS) is 10.3. The Labute approximate surface area is 107 Å². The Morgan fingerprint density at radius 1 is 1.26 bits per heavy atom. The first-order chi connectivity index (χ1) is 8.97.